The number of amides is 1. The lowest BCUT2D eigenvalue weighted by Crippen LogP contribution is -2.25. The third kappa shape index (κ3) is 4.38. The van der Waals surface area contributed by atoms with E-state index < -0.39 is 0 Å². The fourth-order valence-corrected chi connectivity index (χ4v) is 4.10. The highest BCUT2D eigenvalue weighted by Gasteiger charge is 2.17. The molecule has 2 aromatic heterocycles. The maximum Gasteiger partial charge on any atom is 0.220 e. The van der Waals surface area contributed by atoms with E-state index in [2.05, 4.69) is 15.3 Å². The van der Waals surface area contributed by atoms with Crippen molar-refractivity contribution in [3.8, 4) is 10.6 Å². The Kier molecular flexibility index (Phi) is 5.39. The van der Waals surface area contributed by atoms with Gasteiger partial charge in [0.15, 0.2) is 0 Å². The number of aromatic nitrogens is 2. The zero-order valence-corrected chi connectivity index (χ0v) is 14.4. The highest BCUT2D eigenvalue weighted by molar-refractivity contribution is 7.15. The number of nitrogens with one attached hydrogen (secondary N) is 1. The van der Waals surface area contributed by atoms with E-state index in [1.807, 2.05) is 25.3 Å². The maximum atomic E-state index is 12.1. The van der Waals surface area contributed by atoms with E-state index in [-0.39, 0.29) is 5.91 Å². The molecule has 1 N–H and O–H groups in total. The molecular weight excluding hydrogens is 306 g/mol. The topological polar surface area (TPSA) is 54.9 Å². The van der Waals surface area contributed by atoms with Crippen molar-refractivity contribution in [3.63, 3.8) is 0 Å². The molecule has 4 nitrogen and oxygen atoms in total. The summed E-state index contributed by atoms with van der Waals surface area (Å²) < 4.78 is 0. The van der Waals surface area contributed by atoms with Crippen molar-refractivity contribution < 1.29 is 4.79 Å². The molecule has 2 heterocycles. The molecule has 122 valence electrons. The Hall–Kier alpha value is -1.75. The van der Waals surface area contributed by atoms with Crippen molar-refractivity contribution in [3.05, 3.63) is 35.1 Å². The Labute approximate surface area is 141 Å². The number of pyridine rings is 1. The van der Waals surface area contributed by atoms with E-state index in [4.69, 9.17) is 0 Å². The molecule has 1 fully saturated rings. The van der Waals surface area contributed by atoms with Gasteiger partial charge in [0.25, 0.3) is 0 Å². The van der Waals surface area contributed by atoms with Gasteiger partial charge in [-0.05, 0) is 37.8 Å². The minimum Gasteiger partial charge on any atom is -0.351 e. The van der Waals surface area contributed by atoms with Crippen molar-refractivity contribution in [2.75, 3.05) is 0 Å². The van der Waals surface area contributed by atoms with Gasteiger partial charge in [0.2, 0.25) is 5.91 Å². The number of hydrogen-bond donors (Lipinski definition) is 1. The molecule has 0 aromatic carbocycles. The van der Waals surface area contributed by atoms with Crippen LogP contribution in [0, 0.1) is 12.8 Å². The van der Waals surface area contributed by atoms with Gasteiger partial charge in [0.1, 0.15) is 5.01 Å². The van der Waals surface area contributed by atoms with Gasteiger partial charge in [-0.3, -0.25) is 9.78 Å². The Balaban J connectivity index is 1.56. The normalized spacial score (nSPS) is 15.5. The zero-order chi connectivity index (χ0) is 16.1. The van der Waals surface area contributed by atoms with Crippen molar-refractivity contribution in [1.29, 1.82) is 0 Å². The molecule has 23 heavy (non-hydrogen) atoms. The van der Waals surface area contributed by atoms with Crippen LogP contribution in [0.3, 0.4) is 0 Å². The standard InChI is InChI=1S/C18H23N3OS/c1-13-16(23-18(21-13)15-8-5-9-19-11-15)12-20-17(22)10-14-6-3-2-4-7-14/h5,8-9,11,14H,2-4,6-7,10,12H2,1H3,(H,20,22). The third-order valence-electron chi connectivity index (χ3n) is 4.45. The molecule has 0 saturated heterocycles. The Morgan fingerprint density at radius 3 is 2.91 bits per heavy atom. The molecule has 5 heteroatoms. The van der Waals surface area contributed by atoms with Crippen LogP contribution in [0.1, 0.15) is 49.1 Å². The van der Waals surface area contributed by atoms with Crippen LogP contribution in [0.4, 0.5) is 0 Å². The average Bonchev–Trinajstić information content (AvgIpc) is 2.96. The quantitative estimate of drug-likeness (QED) is 0.898. The largest absolute Gasteiger partial charge is 0.351 e. The number of carbonyl (C=O) groups is 1. The van der Waals surface area contributed by atoms with Gasteiger partial charge in [-0.25, -0.2) is 4.98 Å². The van der Waals surface area contributed by atoms with Crippen LogP contribution in [0.5, 0.6) is 0 Å². The van der Waals surface area contributed by atoms with Crippen molar-refractivity contribution in [1.82, 2.24) is 15.3 Å². The van der Waals surface area contributed by atoms with Gasteiger partial charge in [0, 0.05) is 29.3 Å². The first-order chi connectivity index (χ1) is 11.2. The fourth-order valence-electron chi connectivity index (χ4n) is 3.11. The number of nitrogens with zero attached hydrogens (tertiary/aromatic N) is 2. The maximum absolute atomic E-state index is 12.1. The van der Waals surface area contributed by atoms with Crippen LogP contribution in [0.15, 0.2) is 24.5 Å². The predicted molar refractivity (Wildman–Crippen MR) is 93.1 cm³/mol. The zero-order valence-electron chi connectivity index (χ0n) is 13.5. The average molecular weight is 329 g/mol. The fraction of sp³-hybridized carbons (Fsp3) is 0.500. The summed E-state index contributed by atoms with van der Waals surface area (Å²) in [4.78, 5) is 22.0. The number of thiazole rings is 1. The highest BCUT2D eigenvalue weighted by atomic mass is 32.1. The molecule has 0 radical (unpaired) electrons. The number of carbonyl (C=O) groups excluding carboxylic acids is 1. The lowest BCUT2D eigenvalue weighted by Gasteiger charge is -2.20. The third-order valence-corrected chi connectivity index (χ3v) is 5.65. The molecule has 0 unspecified atom stereocenters. The molecule has 1 aliphatic rings. The molecule has 2 aromatic rings. The molecule has 0 spiro atoms. The Morgan fingerprint density at radius 1 is 1.35 bits per heavy atom. The second-order valence-electron chi connectivity index (χ2n) is 6.25. The van der Waals surface area contributed by atoms with Crippen LogP contribution >= 0.6 is 11.3 Å². The van der Waals surface area contributed by atoms with Crippen molar-refractivity contribution in [2.24, 2.45) is 5.92 Å². The smallest absolute Gasteiger partial charge is 0.220 e. The van der Waals surface area contributed by atoms with Crippen molar-refractivity contribution in [2.45, 2.75) is 52.0 Å². The molecular formula is C18H23N3OS. The molecule has 3 rings (SSSR count). The van der Waals surface area contributed by atoms with Crippen molar-refractivity contribution >= 4 is 17.2 Å². The van der Waals surface area contributed by atoms with Crippen LogP contribution in [0.25, 0.3) is 10.6 Å². The van der Waals surface area contributed by atoms with Gasteiger partial charge in [-0.1, -0.05) is 19.3 Å². The molecule has 1 aliphatic carbocycles. The lowest BCUT2D eigenvalue weighted by atomic mass is 9.87. The molecule has 1 saturated carbocycles. The van der Waals surface area contributed by atoms with Gasteiger partial charge in [-0.15, -0.1) is 11.3 Å². The van der Waals surface area contributed by atoms with E-state index in [9.17, 15) is 4.79 Å². The van der Waals surface area contributed by atoms with E-state index in [1.165, 1.54) is 32.1 Å². The number of rotatable bonds is 5. The predicted octanol–water partition coefficient (Wildman–Crippen LogP) is 4.10. The summed E-state index contributed by atoms with van der Waals surface area (Å²) in [5.74, 6) is 0.755. The first-order valence-corrected chi connectivity index (χ1v) is 9.17. The Bertz CT molecular complexity index is 648. The van der Waals surface area contributed by atoms with Gasteiger partial charge in [0.05, 0.1) is 12.2 Å². The molecule has 0 atom stereocenters. The lowest BCUT2D eigenvalue weighted by molar-refractivity contribution is -0.122. The van der Waals surface area contributed by atoms with Gasteiger partial charge >= 0.3 is 0 Å². The second-order valence-corrected chi connectivity index (χ2v) is 7.34. The first-order valence-electron chi connectivity index (χ1n) is 8.36. The van der Waals surface area contributed by atoms with Crippen LogP contribution < -0.4 is 5.32 Å². The minimum atomic E-state index is 0.174. The van der Waals surface area contributed by atoms with Gasteiger partial charge < -0.3 is 5.32 Å². The summed E-state index contributed by atoms with van der Waals surface area (Å²) in [7, 11) is 0. The van der Waals surface area contributed by atoms with E-state index in [1.54, 1.807) is 17.5 Å². The van der Waals surface area contributed by atoms with E-state index >= 15 is 0 Å². The first kappa shape index (κ1) is 16.1. The second kappa shape index (κ2) is 7.68. The highest BCUT2D eigenvalue weighted by Crippen LogP contribution is 2.28. The summed E-state index contributed by atoms with van der Waals surface area (Å²) in [6.45, 7) is 2.58. The minimum absolute atomic E-state index is 0.174. The number of aryl methyl sites for hydroxylation is 1. The summed E-state index contributed by atoms with van der Waals surface area (Å²) in [5, 5.41) is 4.03. The van der Waals surface area contributed by atoms with E-state index in [0.29, 0.717) is 18.9 Å². The van der Waals surface area contributed by atoms with Crippen LogP contribution in [-0.2, 0) is 11.3 Å². The summed E-state index contributed by atoms with van der Waals surface area (Å²) in [6, 6.07) is 3.92. The van der Waals surface area contributed by atoms with Crippen LogP contribution in [0.2, 0.25) is 0 Å². The SMILES string of the molecule is Cc1nc(-c2cccnc2)sc1CNC(=O)CC1CCCCC1. The summed E-state index contributed by atoms with van der Waals surface area (Å²) in [5.41, 5.74) is 2.02. The Morgan fingerprint density at radius 2 is 2.17 bits per heavy atom. The van der Waals surface area contributed by atoms with Gasteiger partial charge in [-0.2, -0.15) is 0 Å². The van der Waals surface area contributed by atoms with E-state index in [0.717, 1.165) is 21.1 Å². The monoisotopic (exact) mass is 329 g/mol. The number of hydrogen-bond acceptors (Lipinski definition) is 4. The summed E-state index contributed by atoms with van der Waals surface area (Å²) >= 11 is 1.63. The molecule has 0 bridgehead atoms. The molecule has 0 aliphatic heterocycles. The summed E-state index contributed by atoms with van der Waals surface area (Å²) in [6.07, 6.45) is 10.6. The van der Waals surface area contributed by atoms with Crippen LogP contribution in [-0.4, -0.2) is 15.9 Å². The molecule has 1 amide bonds.